The Morgan fingerprint density at radius 1 is 1.11 bits per heavy atom. The SMILES string of the molecule is N#Cc1ccnc(Nc2cc(Cl)c(Cl)cc2Cl)n1. The number of halogens is 3. The summed E-state index contributed by atoms with van der Waals surface area (Å²) >= 11 is 17.7. The Labute approximate surface area is 118 Å². The van der Waals surface area contributed by atoms with Crippen molar-refractivity contribution < 1.29 is 0 Å². The molecule has 0 saturated heterocycles. The average molecular weight is 300 g/mol. The largest absolute Gasteiger partial charge is 0.323 e. The van der Waals surface area contributed by atoms with Crippen LogP contribution >= 0.6 is 34.8 Å². The molecule has 4 nitrogen and oxygen atoms in total. The molecule has 0 bridgehead atoms. The molecular weight excluding hydrogens is 295 g/mol. The Morgan fingerprint density at radius 2 is 1.83 bits per heavy atom. The molecule has 0 aliphatic rings. The fourth-order valence-corrected chi connectivity index (χ4v) is 1.81. The van der Waals surface area contributed by atoms with Gasteiger partial charge in [-0.2, -0.15) is 5.26 Å². The second kappa shape index (κ2) is 5.40. The average Bonchev–Trinajstić information content (AvgIpc) is 2.36. The first-order valence-corrected chi connectivity index (χ1v) is 5.88. The van der Waals surface area contributed by atoms with Crippen LogP contribution in [0.3, 0.4) is 0 Å². The van der Waals surface area contributed by atoms with Crippen LogP contribution in [0.25, 0.3) is 0 Å². The van der Waals surface area contributed by atoms with Crippen LogP contribution in [0.2, 0.25) is 15.1 Å². The van der Waals surface area contributed by atoms with Gasteiger partial charge in [0.1, 0.15) is 11.8 Å². The minimum absolute atomic E-state index is 0.253. The summed E-state index contributed by atoms with van der Waals surface area (Å²) in [7, 11) is 0. The highest BCUT2D eigenvalue weighted by Crippen LogP contribution is 2.33. The van der Waals surface area contributed by atoms with Crippen molar-refractivity contribution in [1.29, 1.82) is 5.26 Å². The molecule has 0 atom stereocenters. The summed E-state index contributed by atoms with van der Waals surface area (Å²) in [5.74, 6) is 0.259. The lowest BCUT2D eigenvalue weighted by molar-refractivity contribution is 1.14. The summed E-state index contributed by atoms with van der Waals surface area (Å²) in [5.41, 5.74) is 0.768. The van der Waals surface area contributed by atoms with Gasteiger partial charge in [-0.1, -0.05) is 34.8 Å². The van der Waals surface area contributed by atoms with Gasteiger partial charge in [-0.3, -0.25) is 0 Å². The van der Waals surface area contributed by atoms with Gasteiger partial charge in [-0.15, -0.1) is 0 Å². The van der Waals surface area contributed by atoms with E-state index in [1.165, 1.54) is 18.3 Å². The first-order valence-electron chi connectivity index (χ1n) is 4.75. The highest BCUT2D eigenvalue weighted by Gasteiger charge is 2.07. The zero-order chi connectivity index (χ0) is 13.1. The fraction of sp³-hybridized carbons (Fsp3) is 0. The van der Waals surface area contributed by atoms with Gasteiger partial charge in [-0.25, -0.2) is 9.97 Å². The molecule has 0 saturated carbocycles. The molecule has 2 rings (SSSR count). The van der Waals surface area contributed by atoms with Gasteiger partial charge in [0.2, 0.25) is 5.95 Å². The number of aromatic nitrogens is 2. The van der Waals surface area contributed by atoms with Crippen molar-refractivity contribution in [1.82, 2.24) is 9.97 Å². The minimum Gasteiger partial charge on any atom is -0.323 e. The molecule has 0 aliphatic heterocycles. The van der Waals surface area contributed by atoms with E-state index in [2.05, 4.69) is 15.3 Å². The Morgan fingerprint density at radius 3 is 2.56 bits per heavy atom. The van der Waals surface area contributed by atoms with Gasteiger partial charge in [-0.05, 0) is 18.2 Å². The molecule has 2 aromatic rings. The molecule has 90 valence electrons. The van der Waals surface area contributed by atoms with Gasteiger partial charge in [0.25, 0.3) is 0 Å². The highest BCUT2D eigenvalue weighted by molar-refractivity contribution is 6.44. The lowest BCUT2D eigenvalue weighted by atomic mass is 10.3. The summed E-state index contributed by atoms with van der Waals surface area (Å²) in [4.78, 5) is 7.93. The third-order valence-corrected chi connectivity index (χ3v) is 3.06. The van der Waals surface area contributed by atoms with Crippen molar-refractivity contribution >= 4 is 46.4 Å². The third-order valence-electron chi connectivity index (χ3n) is 2.03. The number of nitrogens with zero attached hydrogens (tertiary/aromatic N) is 3. The summed E-state index contributed by atoms with van der Waals surface area (Å²) in [6.45, 7) is 0. The molecule has 0 unspecified atom stereocenters. The molecule has 18 heavy (non-hydrogen) atoms. The number of hydrogen-bond donors (Lipinski definition) is 1. The van der Waals surface area contributed by atoms with Crippen LogP contribution < -0.4 is 5.32 Å². The van der Waals surface area contributed by atoms with Crippen LogP contribution in [0.5, 0.6) is 0 Å². The normalized spacial score (nSPS) is 9.89. The smallest absolute Gasteiger partial charge is 0.228 e. The van der Waals surface area contributed by atoms with Crippen molar-refractivity contribution in [3.8, 4) is 6.07 Å². The molecule has 1 aromatic heterocycles. The summed E-state index contributed by atoms with van der Waals surface area (Å²) < 4.78 is 0. The van der Waals surface area contributed by atoms with Crippen LogP contribution in [-0.4, -0.2) is 9.97 Å². The standard InChI is InChI=1S/C11H5Cl3N4/c12-7-3-9(14)10(4-8(7)13)18-11-16-2-1-6(5-15)17-11/h1-4H,(H,16,17,18). The van der Waals surface area contributed by atoms with E-state index in [9.17, 15) is 0 Å². The molecule has 0 amide bonds. The van der Waals surface area contributed by atoms with Crippen LogP contribution in [-0.2, 0) is 0 Å². The Bertz CT molecular complexity index is 637. The van der Waals surface area contributed by atoms with E-state index >= 15 is 0 Å². The highest BCUT2D eigenvalue weighted by atomic mass is 35.5. The molecule has 0 radical (unpaired) electrons. The van der Waals surface area contributed by atoms with Gasteiger partial charge < -0.3 is 5.32 Å². The zero-order valence-corrected chi connectivity index (χ0v) is 11.1. The van der Waals surface area contributed by atoms with E-state index in [1.54, 1.807) is 6.07 Å². The van der Waals surface area contributed by atoms with E-state index in [4.69, 9.17) is 40.1 Å². The second-order valence-corrected chi connectivity index (χ2v) is 4.47. The molecule has 0 fully saturated rings. The summed E-state index contributed by atoms with van der Waals surface area (Å²) in [6.07, 6.45) is 1.47. The molecule has 0 aliphatic carbocycles. The third kappa shape index (κ3) is 2.82. The Hall–Kier alpha value is -1.54. The zero-order valence-electron chi connectivity index (χ0n) is 8.78. The molecule has 7 heteroatoms. The Balaban J connectivity index is 2.34. The van der Waals surface area contributed by atoms with Crippen LogP contribution in [0.4, 0.5) is 11.6 Å². The van der Waals surface area contributed by atoms with E-state index in [1.807, 2.05) is 6.07 Å². The maximum atomic E-state index is 8.73. The van der Waals surface area contributed by atoms with Crippen LogP contribution in [0.15, 0.2) is 24.4 Å². The molecule has 1 N–H and O–H groups in total. The van der Waals surface area contributed by atoms with Crippen LogP contribution in [0.1, 0.15) is 5.69 Å². The molecule has 0 spiro atoms. The van der Waals surface area contributed by atoms with Gasteiger partial charge in [0.15, 0.2) is 0 Å². The number of benzene rings is 1. The molecule has 1 heterocycles. The molecular formula is C11H5Cl3N4. The molecule has 1 aromatic carbocycles. The predicted octanol–water partition coefficient (Wildman–Crippen LogP) is 4.05. The maximum absolute atomic E-state index is 8.73. The number of anilines is 2. The van der Waals surface area contributed by atoms with Gasteiger partial charge >= 0.3 is 0 Å². The van der Waals surface area contributed by atoms with Crippen LogP contribution in [0, 0.1) is 11.3 Å². The lowest BCUT2D eigenvalue weighted by Crippen LogP contribution is -1.98. The van der Waals surface area contributed by atoms with E-state index < -0.39 is 0 Å². The maximum Gasteiger partial charge on any atom is 0.228 e. The minimum atomic E-state index is 0.253. The Kier molecular flexibility index (Phi) is 3.87. The number of nitrogens with one attached hydrogen (secondary N) is 1. The lowest BCUT2D eigenvalue weighted by Gasteiger charge is -2.08. The monoisotopic (exact) mass is 298 g/mol. The van der Waals surface area contributed by atoms with E-state index in [0.717, 1.165) is 0 Å². The number of rotatable bonds is 2. The fourth-order valence-electron chi connectivity index (χ4n) is 1.22. The second-order valence-electron chi connectivity index (χ2n) is 3.25. The predicted molar refractivity (Wildman–Crippen MR) is 71.5 cm³/mol. The summed E-state index contributed by atoms with van der Waals surface area (Å²) in [5, 5.41) is 12.7. The first kappa shape index (κ1) is 12.9. The van der Waals surface area contributed by atoms with Gasteiger partial charge in [0.05, 0.1) is 20.8 Å². The van der Waals surface area contributed by atoms with Crippen molar-refractivity contribution in [2.45, 2.75) is 0 Å². The quantitative estimate of drug-likeness (QED) is 0.850. The topological polar surface area (TPSA) is 61.6 Å². The van der Waals surface area contributed by atoms with E-state index in [-0.39, 0.29) is 11.6 Å². The first-order chi connectivity index (χ1) is 8.60. The number of nitriles is 1. The van der Waals surface area contributed by atoms with Crippen molar-refractivity contribution in [2.75, 3.05) is 5.32 Å². The van der Waals surface area contributed by atoms with Crippen molar-refractivity contribution in [3.63, 3.8) is 0 Å². The van der Waals surface area contributed by atoms with Gasteiger partial charge in [0, 0.05) is 6.20 Å². The van der Waals surface area contributed by atoms with E-state index in [0.29, 0.717) is 20.8 Å². The van der Waals surface area contributed by atoms with Crippen molar-refractivity contribution in [3.05, 3.63) is 45.2 Å². The van der Waals surface area contributed by atoms with Crippen molar-refractivity contribution in [2.24, 2.45) is 0 Å². The summed E-state index contributed by atoms with van der Waals surface area (Å²) in [6, 6.07) is 6.50. The number of hydrogen-bond acceptors (Lipinski definition) is 4.